The van der Waals surface area contributed by atoms with Crippen molar-refractivity contribution in [2.24, 2.45) is 0 Å². The van der Waals surface area contributed by atoms with Gasteiger partial charge in [-0.15, -0.1) is 0 Å². The average Bonchev–Trinajstić information content (AvgIpc) is 2.97. The maximum atomic E-state index is 14.5. The first kappa shape index (κ1) is 34.5. The van der Waals surface area contributed by atoms with E-state index in [9.17, 15) is 18.0 Å². The summed E-state index contributed by atoms with van der Waals surface area (Å²) in [6, 6.07) is 26.4. The van der Waals surface area contributed by atoms with Crippen LogP contribution in [0.1, 0.15) is 30.5 Å². The van der Waals surface area contributed by atoms with E-state index in [1.807, 2.05) is 75.4 Å². The number of carbonyl (C=O) groups is 2. The van der Waals surface area contributed by atoms with Crippen LogP contribution in [0, 0.1) is 6.92 Å². The molecule has 0 radical (unpaired) electrons. The van der Waals surface area contributed by atoms with E-state index in [-0.39, 0.29) is 45.5 Å². The predicted octanol–water partition coefficient (Wildman–Crippen LogP) is 7.42. The Kier molecular flexibility index (Phi) is 11.7. The van der Waals surface area contributed by atoms with E-state index in [2.05, 4.69) is 21.2 Å². The molecule has 0 aliphatic heterocycles. The van der Waals surface area contributed by atoms with Crippen molar-refractivity contribution in [2.75, 3.05) is 10.8 Å². The van der Waals surface area contributed by atoms with Crippen LogP contribution in [-0.2, 0) is 32.6 Å². The Balaban J connectivity index is 1.83. The van der Waals surface area contributed by atoms with Crippen LogP contribution in [0.4, 0.5) is 5.69 Å². The molecule has 1 atom stereocenters. The van der Waals surface area contributed by atoms with Crippen molar-refractivity contribution in [1.29, 1.82) is 0 Å². The summed E-state index contributed by atoms with van der Waals surface area (Å²) in [6.07, 6.45) is 0.215. The maximum absolute atomic E-state index is 14.5. The minimum atomic E-state index is -4.28. The second kappa shape index (κ2) is 15.3. The number of rotatable bonds is 12. The molecule has 4 aromatic carbocycles. The molecule has 2 amide bonds. The van der Waals surface area contributed by atoms with Gasteiger partial charge in [0.1, 0.15) is 12.6 Å². The molecule has 0 bridgehead atoms. The Morgan fingerprint density at radius 1 is 0.844 bits per heavy atom. The molecule has 0 fully saturated rings. The summed E-state index contributed by atoms with van der Waals surface area (Å²) < 4.78 is 30.1. The van der Waals surface area contributed by atoms with Crippen LogP contribution in [0.2, 0.25) is 10.0 Å². The van der Waals surface area contributed by atoms with Gasteiger partial charge in [0.15, 0.2) is 0 Å². The Bertz CT molecular complexity index is 1730. The number of sulfonamides is 1. The molecule has 0 spiro atoms. The molecule has 7 nitrogen and oxygen atoms in total. The number of hydrogen-bond acceptors (Lipinski definition) is 4. The summed E-state index contributed by atoms with van der Waals surface area (Å²) in [4.78, 5) is 29.7. The topological polar surface area (TPSA) is 86.8 Å². The molecule has 0 aromatic heterocycles. The van der Waals surface area contributed by atoms with Crippen LogP contribution < -0.4 is 9.62 Å². The van der Waals surface area contributed by atoms with Gasteiger partial charge in [-0.25, -0.2) is 8.42 Å². The SMILES string of the molecule is Cc1ccc(S(=O)(=O)N(CC(=O)N(Cc2cccc(Br)c2)[C@@H](Cc2ccccc2)C(=O)NC(C)C)c2cc(Cl)cc(Cl)c2)cc1. The molecule has 11 heteroatoms. The molecule has 0 heterocycles. The highest BCUT2D eigenvalue weighted by Crippen LogP contribution is 2.30. The molecule has 4 aromatic rings. The van der Waals surface area contributed by atoms with E-state index in [0.29, 0.717) is 0 Å². The zero-order valence-electron chi connectivity index (χ0n) is 25.1. The van der Waals surface area contributed by atoms with Crippen molar-refractivity contribution in [3.05, 3.63) is 128 Å². The van der Waals surface area contributed by atoms with Gasteiger partial charge in [-0.05, 0) is 74.4 Å². The van der Waals surface area contributed by atoms with Gasteiger partial charge in [-0.2, -0.15) is 0 Å². The van der Waals surface area contributed by atoms with E-state index in [4.69, 9.17) is 23.2 Å². The standard InChI is InChI=1S/C34H34BrCl2N3O4S/c1-23(2)38-34(42)32(17-25-8-5-4-6-9-25)39(21-26-10-7-11-27(35)16-26)33(41)22-40(30-19-28(36)18-29(37)20-30)45(43,44)31-14-12-24(3)13-15-31/h4-16,18-20,23,32H,17,21-22H2,1-3H3,(H,38,42)/t32-/m0/s1. The van der Waals surface area contributed by atoms with E-state index in [0.717, 1.165) is 25.5 Å². The van der Waals surface area contributed by atoms with Crippen LogP contribution in [-0.4, -0.2) is 43.8 Å². The number of carbonyl (C=O) groups excluding carboxylic acids is 2. The summed E-state index contributed by atoms with van der Waals surface area (Å²) in [6.45, 7) is 4.98. The first-order valence-electron chi connectivity index (χ1n) is 14.3. The molecule has 0 aliphatic rings. The lowest BCUT2D eigenvalue weighted by Gasteiger charge is -2.34. The molecule has 0 unspecified atom stereocenters. The van der Waals surface area contributed by atoms with Crippen LogP contribution >= 0.6 is 39.1 Å². The Hall–Kier alpha value is -3.37. The Morgan fingerprint density at radius 3 is 2.07 bits per heavy atom. The smallest absolute Gasteiger partial charge is 0.264 e. The summed E-state index contributed by atoms with van der Waals surface area (Å²) >= 11 is 16.1. The number of hydrogen-bond donors (Lipinski definition) is 1. The van der Waals surface area contributed by atoms with Crippen molar-refractivity contribution in [1.82, 2.24) is 10.2 Å². The normalized spacial score (nSPS) is 12.1. The number of benzene rings is 4. The lowest BCUT2D eigenvalue weighted by atomic mass is 10.0. The first-order chi connectivity index (χ1) is 21.3. The highest BCUT2D eigenvalue weighted by Gasteiger charge is 2.35. The zero-order valence-corrected chi connectivity index (χ0v) is 29.0. The fourth-order valence-electron chi connectivity index (χ4n) is 4.82. The number of aryl methyl sites for hydroxylation is 1. The van der Waals surface area contributed by atoms with Crippen molar-refractivity contribution in [2.45, 2.75) is 50.7 Å². The number of nitrogens with zero attached hydrogens (tertiary/aromatic N) is 2. The average molecular weight is 732 g/mol. The van der Waals surface area contributed by atoms with Crippen molar-refractivity contribution >= 4 is 66.7 Å². The molecule has 0 saturated heterocycles. The third-order valence-corrected chi connectivity index (χ3v) is 9.68. The van der Waals surface area contributed by atoms with Gasteiger partial charge >= 0.3 is 0 Å². The monoisotopic (exact) mass is 729 g/mol. The first-order valence-corrected chi connectivity index (χ1v) is 17.3. The van der Waals surface area contributed by atoms with Gasteiger partial charge in [0.25, 0.3) is 10.0 Å². The minimum Gasteiger partial charge on any atom is -0.352 e. The highest BCUT2D eigenvalue weighted by atomic mass is 79.9. The highest BCUT2D eigenvalue weighted by molar-refractivity contribution is 9.10. The van der Waals surface area contributed by atoms with Crippen LogP contribution in [0.25, 0.3) is 0 Å². The van der Waals surface area contributed by atoms with Crippen molar-refractivity contribution in [3.63, 3.8) is 0 Å². The third-order valence-electron chi connectivity index (χ3n) is 6.97. The summed E-state index contributed by atoms with van der Waals surface area (Å²) in [5, 5.41) is 3.36. The number of amides is 2. The molecule has 0 aliphatic carbocycles. The van der Waals surface area contributed by atoms with Gasteiger partial charge in [0.05, 0.1) is 10.6 Å². The number of nitrogens with one attached hydrogen (secondary N) is 1. The maximum Gasteiger partial charge on any atom is 0.264 e. The van der Waals surface area contributed by atoms with Gasteiger partial charge in [-0.1, -0.05) is 99.3 Å². The molecular formula is C34H34BrCl2N3O4S. The largest absolute Gasteiger partial charge is 0.352 e. The fraction of sp³-hybridized carbons (Fsp3) is 0.235. The van der Waals surface area contributed by atoms with Crippen molar-refractivity contribution < 1.29 is 18.0 Å². The third kappa shape index (κ3) is 9.33. The summed E-state index contributed by atoms with van der Waals surface area (Å²) in [5.41, 5.74) is 2.60. The molecule has 4 rings (SSSR count). The van der Waals surface area contributed by atoms with Crippen LogP contribution in [0.3, 0.4) is 0 Å². The quantitative estimate of drug-likeness (QED) is 0.164. The van der Waals surface area contributed by atoms with Gasteiger partial charge < -0.3 is 10.2 Å². The molecule has 45 heavy (non-hydrogen) atoms. The van der Waals surface area contributed by atoms with E-state index in [1.165, 1.54) is 35.2 Å². The van der Waals surface area contributed by atoms with E-state index < -0.39 is 28.5 Å². The second-order valence-corrected chi connectivity index (χ2v) is 14.6. The lowest BCUT2D eigenvalue weighted by Crippen LogP contribution is -2.54. The van der Waals surface area contributed by atoms with Crippen LogP contribution in [0.15, 0.2) is 106 Å². The van der Waals surface area contributed by atoms with Crippen LogP contribution in [0.5, 0.6) is 0 Å². The Labute approximate surface area is 283 Å². The van der Waals surface area contributed by atoms with E-state index >= 15 is 0 Å². The Morgan fingerprint density at radius 2 is 1.47 bits per heavy atom. The molecule has 1 N–H and O–H groups in total. The van der Waals surface area contributed by atoms with Crippen molar-refractivity contribution in [3.8, 4) is 0 Å². The second-order valence-electron chi connectivity index (χ2n) is 11.0. The molecular weight excluding hydrogens is 697 g/mol. The summed E-state index contributed by atoms with van der Waals surface area (Å²) in [7, 11) is -4.28. The van der Waals surface area contributed by atoms with Gasteiger partial charge in [0.2, 0.25) is 11.8 Å². The fourth-order valence-corrected chi connectivity index (χ4v) is 7.18. The summed E-state index contributed by atoms with van der Waals surface area (Å²) in [5.74, 6) is -0.933. The zero-order chi connectivity index (χ0) is 32.7. The molecule has 236 valence electrons. The minimum absolute atomic E-state index is 0.00563. The number of halogens is 3. The number of anilines is 1. The predicted molar refractivity (Wildman–Crippen MR) is 184 cm³/mol. The van der Waals surface area contributed by atoms with Gasteiger partial charge in [-0.3, -0.25) is 13.9 Å². The lowest BCUT2D eigenvalue weighted by molar-refractivity contribution is -0.140. The molecule has 0 saturated carbocycles. The van der Waals surface area contributed by atoms with Gasteiger partial charge in [0, 0.05) is 33.5 Å². The van der Waals surface area contributed by atoms with E-state index in [1.54, 1.807) is 12.1 Å².